The first-order valence-electron chi connectivity index (χ1n) is 9.15. The van der Waals surface area contributed by atoms with Gasteiger partial charge in [0, 0.05) is 28.9 Å². The number of hydrogen-bond donors (Lipinski definition) is 2. The van der Waals surface area contributed by atoms with Crippen molar-refractivity contribution in [3.05, 3.63) is 31.7 Å². The summed E-state index contributed by atoms with van der Waals surface area (Å²) in [7, 11) is 0. The molecule has 10 heteroatoms. The van der Waals surface area contributed by atoms with Crippen molar-refractivity contribution in [2.24, 2.45) is 0 Å². The minimum atomic E-state index is -4.99. The smallest absolute Gasteiger partial charge is 0.374 e. The van der Waals surface area contributed by atoms with Gasteiger partial charge in [-0.3, -0.25) is 4.79 Å². The zero-order valence-electron chi connectivity index (χ0n) is 15.4. The van der Waals surface area contributed by atoms with E-state index in [1.807, 2.05) is 0 Å². The van der Waals surface area contributed by atoms with Crippen LogP contribution in [-0.2, 0) is 29.7 Å². The van der Waals surface area contributed by atoms with Crippen molar-refractivity contribution < 1.29 is 23.1 Å². The fourth-order valence-electron chi connectivity index (χ4n) is 3.12. The number of aliphatic hydroxyl groups is 1. The normalized spacial score (nSPS) is 16.5. The van der Waals surface area contributed by atoms with Crippen molar-refractivity contribution in [2.75, 3.05) is 6.54 Å². The van der Waals surface area contributed by atoms with Crippen LogP contribution in [0.1, 0.15) is 52.0 Å². The zero-order valence-corrected chi connectivity index (χ0v) is 17.1. The topological polar surface area (TPSA) is 75.1 Å². The molecule has 0 spiro atoms. The maximum Gasteiger partial charge on any atom is 0.424 e. The number of aromatic nitrogens is 2. The number of fused-ring (bicyclic) bond motifs is 1. The van der Waals surface area contributed by atoms with Gasteiger partial charge in [0.1, 0.15) is 5.01 Å². The van der Waals surface area contributed by atoms with E-state index in [0.29, 0.717) is 29.9 Å². The lowest BCUT2D eigenvalue weighted by Crippen LogP contribution is -2.46. The number of aryl methyl sites for hydroxylation is 4. The molecule has 1 aliphatic rings. The minimum absolute atomic E-state index is 0.230. The van der Waals surface area contributed by atoms with Crippen molar-refractivity contribution in [3.63, 3.8) is 0 Å². The maximum absolute atomic E-state index is 13.4. The van der Waals surface area contributed by atoms with Crippen molar-refractivity contribution >= 4 is 28.6 Å². The van der Waals surface area contributed by atoms with E-state index in [4.69, 9.17) is 0 Å². The van der Waals surface area contributed by atoms with Gasteiger partial charge in [-0.15, -0.1) is 22.7 Å². The summed E-state index contributed by atoms with van der Waals surface area (Å²) in [5.41, 5.74) is -1.73. The molecule has 1 aliphatic carbocycles. The summed E-state index contributed by atoms with van der Waals surface area (Å²) in [4.78, 5) is 21.7. The van der Waals surface area contributed by atoms with E-state index in [0.717, 1.165) is 24.3 Å². The molecule has 2 heterocycles. The van der Waals surface area contributed by atoms with Crippen molar-refractivity contribution in [2.45, 2.75) is 63.6 Å². The summed E-state index contributed by atoms with van der Waals surface area (Å²) < 4.78 is 40.2. The number of nitrogens with one attached hydrogen (secondary N) is 1. The monoisotopic (exact) mass is 433 g/mol. The second-order valence-corrected chi connectivity index (χ2v) is 8.99. The summed E-state index contributed by atoms with van der Waals surface area (Å²) in [5.74, 6) is -0.855. The molecule has 0 saturated carbocycles. The van der Waals surface area contributed by atoms with Crippen LogP contribution in [0, 0.1) is 6.92 Å². The maximum atomic E-state index is 13.4. The highest BCUT2D eigenvalue weighted by Crippen LogP contribution is 2.42. The Hall–Kier alpha value is -1.52. The fraction of sp³-hybridized carbons (Fsp3) is 0.611. The van der Waals surface area contributed by atoms with Gasteiger partial charge in [0.15, 0.2) is 0 Å². The lowest BCUT2D eigenvalue weighted by molar-refractivity contribution is -0.267. The first kappa shape index (κ1) is 21.2. The summed E-state index contributed by atoms with van der Waals surface area (Å²) in [5, 5.41) is 14.6. The molecular formula is C18H22F3N3O2S2. The van der Waals surface area contributed by atoms with Crippen LogP contribution in [0.3, 0.4) is 0 Å². The first-order chi connectivity index (χ1) is 13.2. The summed E-state index contributed by atoms with van der Waals surface area (Å²) >= 11 is 2.38. The summed E-state index contributed by atoms with van der Waals surface area (Å²) in [6.45, 7) is 1.77. The number of halogens is 3. The molecule has 0 aliphatic heterocycles. The highest BCUT2D eigenvalue weighted by Gasteiger charge is 2.58. The quantitative estimate of drug-likeness (QED) is 0.654. The Labute approximate surface area is 169 Å². The van der Waals surface area contributed by atoms with Gasteiger partial charge in [-0.25, -0.2) is 9.97 Å². The Balaban J connectivity index is 1.51. The minimum Gasteiger partial charge on any atom is -0.374 e. The zero-order chi connectivity index (χ0) is 20.4. The molecule has 0 aromatic carbocycles. The Bertz CT molecular complexity index is 811. The Morgan fingerprint density at radius 3 is 2.68 bits per heavy atom. The van der Waals surface area contributed by atoms with Crippen LogP contribution in [0.4, 0.5) is 13.2 Å². The van der Waals surface area contributed by atoms with Gasteiger partial charge < -0.3 is 10.4 Å². The number of rotatable bonds is 7. The van der Waals surface area contributed by atoms with Gasteiger partial charge in [0.25, 0.3) is 0 Å². The van der Waals surface area contributed by atoms with Crippen LogP contribution in [0.2, 0.25) is 0 Å². The van der Waals surface area contributed by atoms with Gasteiger partial charge in [0.2, 0.25) is 11.5 Å². The van der Waals surface area contributed by atoms with Crippen LogP contribution in [0.25, 0.3) is 0 Å². The highest BCUT2D eigenvalue weighted by atomic mass is 32.1. The Morgan fingerprint density at radius 2 is 2.04 bits per heavy atom. The molecule has 0 saturated heterocycles. The Morgan fingerprint density at radius 1 is 1.29 bits per heavy atom. The molecule has 28 heavy (non-hydrogen) atoms. The molecule has 2 aromatic rings. The molecule has 2 N–H and O–H groups in total. The van der Waals surface area contributed by atoms with Crippen LogP contribution in [-0.4, -0.2) is 33.7 Å². The highest BCUT2D eigenvalue weighted by molar-refractivity contribution is 7.11. The Kier molecular flexibility index (Phi) is 6.41. The number of amides is 1. The molecular weight excluding hydrogens is 411 g/mol. The number of carbonyl (C=O) groups is 1. The molecule has 1 amide bonds. The largest absolute Gasteiger partial charge is 0.424 e. The lowest BCUT2D eigenvalue weighted by Gasteiger charge is -2.27. The number of carbonyl (C=O) groups excluding carboxylic acids is 1. The molecule has 0 bridgehead atoms. The van der Waals surface area contributed by atoms with E-state index in [1.165, 1.54) is 29.3 Å². The molecule has 0 radical (unpaired) electrons. The van der Waals surface area contributed by atoms with Crippen molar-refractivity contribution in [1.29, 1.82) is 0 Å². The number of thiazole rings is 2. The van der Waals surface area contributed by atoms with E-state index in [9.17, 15) is 23.1 Å². The van der Waals surface area contributed by atoms with Gasteiger partial charge in [-0.1, -0.05) is 0 Å². The lowest BCUT2D eigenvalue weighted by atomic mass is 9.99. The van der Waals surface area contributed by atoms with Gasteiger partial charge in [-0.2, -0.15) is 13.2 Å². The summed E-state index contributed by atoms with van der Waals surface area (Å²) in [6.07, 6.45) is -0.418. The molecule has 1 unspecified atom stereocenters. The first-order valence-corrected chi connectivity index (χ1v) is 10.8. The SMILES string of the molecule is Cc1csc(C(O)(CC(=O)NCCCc2nc3c(s2)CCCC3)C(F)(F)F)n1. The van der Waals surface area contributed by atoms with Crippen LogP contribution in [0.5, 0.6) is 0 Å². The molecule has 2 aromatic heterocycles. The molecule has 3 rings (SSSR count). The third-order valence-electron chi connectivity index (χ3n) is 4.64. The predicted molar refractivity (Wildman–Crippen MR) is 102 cm³/mol. The average Bonchev–Trinajstić information content (AvgIpc) is 3.23. The number of nitrogens with zero attached hydrogens (tertiary/aromatic N) is 2. The van der Waals surface area contributed by atoms with E-state index < -0.39 is 29.1 Å². The molecule has 154 valence electrons. The van der Waals surface area contributed by atoms with Gasteiger partial charge in [-0.05, 0) is 39.0 Å². The van der Waals surface area contributed by atoms with Gasteiger partial charge in [0.05, 0.1) is 17.1 Å². The third-order valence-corrected chi connectivity index (χ3v) is 6.97. The van der Waals surface area contributed by atoms with Gasteiger partial charge >= 0.3 is 6.18 Å². The van der Waals surface area contributed by atoms with Crippen LogP contribution >= 0.6 is 22.7 Å². The number of alkyl halides is 3. The average molecular weight is 434 g/mol. The van der Waals surface area contributed by atoms with E-state index in [-0.39, 0.29) is 6.54 Å². The third kappa shape index (κ3) is 4.72. The van der Waals surface area contributed by atoms with Crippen molar-refractivity contribution in [3.8, 4) is 0 Å². The molecule has 5 nitrogen and oxygen atoms in total. The molecule has 1 atom stereocenters. The summed E-state index contributed by atoms with van der Waals surface area (Å²) in [6, 6.07) is 0. The number of hydrogen-bond acceptors (Lipinski definition) is 6. The second kappa shape index (κ2) is 8.46. The van der Waals surface area contributed by atoms with Crippen LogP contribution < -0.4 is 5.32 Å². The van der Waals surface area contributed by atoms with Crippen molar-refractivity contribution in [1.82, 2.24) is 15.3 Å². The predicted octanol–water partition coefficient (Wildman–Crippen LogP) is 3.68. The fourth-order valence-corrected chi connectivity index (χ4v) is 5.23. The van der Waals surface area contributed by atoms with E-state index in [1.54, 1.807) is 11.3 Å². The van der Waals surface area contributed by atoms with Crippen LogP contribution in [0.15, 0.2) is 5.38 Å². The van der Waals surface area contributed by atoms with E-state index >= 15 is 0 Å². The van der Waals surface area contributed by atoms with E-state index in [2.05, 4.69) is 15.3 Å². The standard InChI is InChI=1S/C18H22F3N3O2S2/c1-11-10-27-16(23-11)17(26,18(19,20)21)9-14(25)22-8-4-7-15-24-12-5-2-3-6-13(12)28-15/h10,26H,2-9H2,1H3,(H,22,25). The molecule has 0 fully saturated rings. The second-order valence-electron chi connectivity index (χ2n) is 6.97.